The third-order valence-corrected chi connectivity index (χ3v) is 5.00. The zero-order valence-corrected chi connectivity index (χ0v) is 13.4. The minimum absolute atomic E-state index is 0.0845. The lowest BCUT2D eigenvalue weighted by molar-refractivity contribution is 0.282. The fraction of sp³-hybridized carbons (Fsp3) is 0.231. The molecule has 1 N–H and O–H groups in total. The van der Waals surface area contributed by atoms with Gasteiger partial charge in [-0.05, 0) is 5.56 Å². The summed E-state index contributed by atoms with van der Waals surface area (Å²) in [5.74, 6) is -0.320. The highest BCUT2D eigenvalue weighted by molar-refractivity contribution is 7.87. The maximum absolute atomic E-state index is 12.4. The molecule has 0 amide bonds. The van der Waals surface area contributed by atoms with Gasteiger partial charge in [-0.2, -0.15) is 22.0 Å². The zero-order valence-electron chi connectivity index (χ0n) is 11.9. The van der Waals surface area contributed by atoms with Gasteiger partial charge in [-0.15, -0.1) is 0 Å². The summed E-state index contributed by atoms with van der Waals surface area (Å²) in [4.78, 5) is 3.81. The number of benzene rings is 1. The molecule has 0 bridgehead atoms. The van der Waals surface area contributed by atoms with Crippen molar-refractivity contribution >= 4 is 21.8 Å². The molecule has 2 aromatic rings. The predicted molar refractivity (Wildman–Crippen MR) is 81.3 cm³/mol. The number of imidazole rings is 1. The third-order valence-electron chi connectivity index (χ3n) is 3.00. The van der Waals surface area contributed by atoms with E-state index >= 15 is 0 Å². The lowest BCUT2D eigenvalue weighted by atomic mass is 10.1. The molecule has 2 rings (SSSR count). The van der Waals surface area contributed by atoms with E-state index in [9.17, 15) is 8.42 Å². The number of rotatable bonds is 4. The molecule has 1 aromatic carbocycles. The van der Waals surface area contributed by atoms with Crippen molar-refractivity contribution in [2.45, 2.75) is 6.61 Å². The minimum Gasteiger partial charge on any atom is -0.392 e. The van der Waals surface area contributed by atoms with E-state index in [-0.39, 0.29) is 23.3 Å². The Kier molecular flexibility index (Phi) is 4.53. The molecule has 0 saturated heterocycles. The van der Waals surface area contributed by atoms with Crippen LogP contribution in [0.2, 0.25) is 5.15 Å². The van der Waals surface area contributed by atoms with Gasteiger partial charge in [0.05, 0.1) is 6.61 Å². The van der Waals surface area contributed by atoms with Crippen molar-refractivity contribution in [1.82, 2.24) is 13.3 Å². The molecule has 1 heterocycles. The van der Waals surface area contributed by atoms with E-state index in [2.05, 4.69) is 4.98 Å². The van der Waals surface area contributed by atoms with E-state index in [1.807, 2.05) is 0 Å². The van der Waals surface area contributed by atoms with Crippen molar-refractivity contribution in [3.63, 3.8) is 0 Å². The summed E-state index contributed by atoms with van der Waals surface area (Å²) in [7, 11) is -1.26. The largest absolute Gasteiger partial charge is 0.392 e. The second-order valence-corrected chi connectivity index (χ2v) is 6.95. The second kappa shape index (κ2) is 6.06. The molecule has 116 valence electrons. The first-order chi connectivity index (χ1) is 10.3. The van der Waals surface area contributed by atoms with Crippen LogP contribution in [0.1, 0.15) is 11.4 Å². The van der Waals surface area contributed by atoms with Gasteiger partial charge in [-0.25, -0.2) is 4.98 Å². The molecule has 0 aliphatic carbocycles. The highest BCUT2D eigenvalue weighted by Gasteiger charge is 2.28. The molecular formula is C13H13ClN4O3S. The van der Waals surface area contributed by atoms with Gasteiger partial charge < -0.3 is 5.11 Å². The Labute approximate surface area is 133 Å². The molecule has 0 radical (unpaired) electrons. The monoisotopic (exact) mass is 340 g/mol. The molecule has 0 unspecified atom stereocenters. The third kappa shape index (κ3) is 2.71. The van der Waals surface area contributed by atoms with Crippen molar-refractivity contribution in [1.29, 1.82) is 5.26 Å². The molecule has 0 aliphatic heterocycles. The summed E-state index contributed by atoms with van der Waals surface area (Å²) in [6.07, 6.45) is 0. The number of aromatic nitrogens is 2. The molecule has 22 heavy (non-hydrogen) atoms. The fourth-order valence-corrected chi connectivity index (χ4v) is 3.22. The topological polar surface area (TPSA) is 99.2 Å². The first-order valence-corrected chi connectivity index (χ1v) is 7.92. The minimum atomic E-state index is -3.96. The number of aliphatic hydroxyl groups is 1. The molecule has 1 aromatic heterocycles. The van der Waals surface area contributed by atoms with Crippen molar-refractivity contribution in [2.75, 3.05) is 14.1 Å². The van der Waals surface area contributed by atoms with E-state index < -0.39 is 10.2 Å². The quantitative estimate of drug-likeness (QED) is 0.902. The second-order valence-electron chi connectivity index (χ2n) is 4.60. The van der Waals surface area contributed by atoms with Crippen molar-refractivity contribution < 1.29 is 13.5 Å². The SMILES string of the molecule is CN(C)S(=O)(=O)n1c(C#N)nc(Cl)c1-c1ccc(CO)cc1. The van der Waals surface area contributed by atoms with Gasteiger partial charge in [0.1, 0.15) is 11.8 Å². The number of halogens is 1. The summed E-state index contributed by atoms with van der Waals surface area (Å²) < 4.78 is 26.7. The van der Waals surface area contributed by atoms with Crippen LogP contribution in [0.4, 0.5) is 0 Å². The highest BCUT2D eigenvalue weighted by atomic mass is 35.5. The van der Waals surface area contributed by atoms with Crippen LogP contribution in [0.15, 0.2) is 24.3 Å². The zero-order chi connectivity index (χ0) is 16.5. The Hall–Kier alpha value is -1.92. The van der Waals surface area contributed by atoms with Crippen molar-refractivity contribution in [2.24, 2.45) is 0 Å². The normalized spacial score (nSPS) is 11.6. The first-order valence-electron chi connectivity index (χ1n) is 6.14. The smallest absolute Gasteiger partial charge is 0.309 e. The molecule has 0 atom stereocenters. The summed E-state index contributed by atoms with van der Waals surface area (Å²) >= 11 is 6.03. The highest BCUT2D eigenvalue weighted by Crippen LogP contribution is 2.31. The Morgan fingerprint density at radius 3 is 2.41 bits per heavy atom. The average Bonchev–Trinajstić information content (AvgIpc) is 2.84. The number of hydrogen-bond donors (Lipinski definition) is 1. The van der Waals surface area contributed by atoms with Crippen LogP contribution in [0.3, 0.4) is 0 Å². The Bertz CT molecular complexity index is 835. The van der Waals surface area contributed by atoms with Crippen molar-refractivity contribution in [3.05, 3.63) is 40.8 Å². The van der Waals surface area contributed by atoms with Gasteiger partial charge in [0.25, 0.3) is 0 Å². The Morgan fingerprint density at radius 2 is 1.95 bits per heavy atom. The summed E-state index contributed by atoms with van der Waals surface area (Å²) in [5.41, 5.74) is 1.25. The van der Waals surface area contributed by atoms with Gasteiger partial charge >= 0.3 is 10.2 Å². The summed E-state index contributed by atoms with van der Waals surface area (Å²) in [6, 6.07) is 8.22. The predicted octanol–water partition coefficient (Wildman–Crippen LogP) is 1.22. The maximum atomic E-state index is 12.4. The first kappa shape index (κ1) is 16.5. The summed E-state index contributed by atoms with van der Waals surface area (Å²) in [5, 5.41) is 18.1. The van der Waals surface area contributed by atoms with Gasteiger partial charge in [0.15, 0.2) is 5.15 Å². The molecule has 0 fully saturated rings. The van der Waals surface area contributed by atoms with Crippen LogP contribution in [0, 0.1) is 11.3 Å². The molecule has 0 spiro atoms. The molecule has 0 aliphatic rings. The summed E-state index contributed by atoms with van der Waals surface area (Å²) in [6.45, 7) is -0.132. The van der Waals surface area contributed by atoms with E-state index in [1.165, 1.54) is 14.1 Å². The Balaban J connectivity index is 2.76. The lowest BCUT2D eigenvalue weighted by Gasteiger charge is -2.15. The van der Waals surface area contributed by atoms with Crippen LogP contribution < -0.4 is 0 Å². The lowest BCUT2D eigenvalue weighted by Crippen LogP contribution is -2.30. The number of aliphatic hydroxyl groups excluding tert-OH is 1. The van der Waals surface area contributed by atoms with Gasteiger partial charge in [0.2, 0.25) is 5.82 Å². The fourth-order valence-electron chi connectivity index (χ4n) is 1.84. The van der Waals surface area contributed by atoms with Crippen molar-refractivity contribution in [3.8, 4) is 17.3 Å². The van der Waals surface area contributed by atoms with Gasteiger partial charge in [0, 0.05) is 19.7 Å². The van der Waals surface area contributed by atoms with Crippen LogP contribution in [-0.2, 0) is 16.8 Å². The van der Waals surface area contributed by atoms with Crippen LogP contribution >= 0.6 is 11.6 Å². The van der Waals surface area contributed by atoms with Gasteiger partial charge in [-0.3, -0.25) is 0 Å². The maximum Gasteiger partial charge on any atom is 0.309 e. The number of nitrogens with zero attached hydrogens (tertiary/aromatic N) is 4. The van der Waals surface area contributed by atoms with E-state index in [0.717, 1.165) is 8.28 Å². The Morgan fingerprint density at radius 1 is 1.36 bits per heavy atom. The van der Waals surface area contributed by atoms with E-state index in [0.29, 0.717) is 11.1 Å². The molecule has 7 nitrogen and oxygen atoms in total. The number of hydrogen-bond acceptors (Lipinski definition) is 5. The van der Waals surface area contributed by atoms with Crippen LogP contribution in [0.25, 0.3) is 11.3 Å². The van der Waals surface area contributed by atoms with Crippen LogP contribution in [-0.4, -0.2) is 40.9 Å². The molecule has 9 heteroatoms. The average molecular weight is 341 g/mol. The van der Waals surface area contributed by atoms with Crippen LogP contribution in [0.5, 0.6) is 0 Å². The van der Waals surface area contributed by atoms with E-state index in [1.54, 1.807) is 30.3 Å². The molecule has 0 saturated carbocycles. The molecular weight excluding hydrogens is 328 g/mol. The number of nitriles is 1. The standard InChI is InChI=1S/C13H13ClN4O3S/c1-17(2)22(20,21)18-11(7-15)16-13(14)12(18)10-5-3-9(8-19)4-6-10/h3-6,19H,8H2,1-2H3. The van der Waals surface area contributed by atoms with E-state index in [4.69, 9.17) is 22.0 Å². The van der Waals surface area contributed by atoms with Gasteiger partial charge in [-0.1, -0.05) is 35.9 Å².